The van der Waals surface area contributed by atoms with E-state index in [1.54, 1.807) is 0 Å². The summed E-state index contributed by atoms with van der Waals surface area (Å²) < 4.78 is 22.2. The lowest BCUT2D eigenvalue weighted by Gasteiger charge is -2.07. The van der Waals surface area contributed by atoms with Crippen molar-refractivity contribution in [3.63, 3.8) is 0 Å². The minimum absolute atomic E-state index is 0.0973. The van der Waals surface area contributed by atoms with Gasteiger partial charge >= 0.3 is 11.8 Å². The molecule has 7 heteroatoms. The summed E-state index contributed by atoms with van der Waals surface area (Å²) in [5, 5.41) is 10.6. The number of benzene rings is 1. The number of carbonyl (C=O) groups excluding carboxylic acids is 1. The molecule has 1 aromatic carbocycles. The van der Waals surface area contributed by atoms with Gasteiger partial charge in [-0.3, -0.25) is 10.1 Å². The van der Waals surface area contributed by atoms with E-state index in [0.29, 0.717) is 0 Å². The molecule has 0 N–H and O–H groups in total. The Kier molecular flexibility index (Phi) is 4.59. The first-order valence-electron chi connectivity index (χ1n) is 5.18. The fraction of sp³-hybridized carbons (Fsp3) is 0.364. The van der Waals surface area contributed by atoms with Crippen LogP contribution in [0.5, 0.6) is 5.75 Å². The van der Waals surface area contributed by atoms with Crippen LogP contribution in [0, 0.1) is 21.8 Å². The van der Waals surface area contributed by atoms with Gasteiger partial charge in [0.1, 0.15) is 5.82 Å². The summed E-state index contributed by atoms with van der Waals surface area (Å²) in [6.07, 6.45) is -1.10. The van der Waals surface area contributed by atoms with Gasteiger partial charge in [-0.25, -0.2) is 9.18 Å². The minimum Gasteiger partial charge on any atom is -0.434 e. The molecule has 0 amide bonds. The lowest BCUT2D eigenvalue weighted by atomic mass is 10.2. The summed E-state index contributed by atoms with van der Waals surface area (Å²) in [6.45, 7) is 3.75. The topological polar surface area (TPSA) is 78.7 Å². The van der Waals surface area contributed by atoms with Crippen molar-refractivity contribution in [1.82, 2.24) is 0 Å². The van der Waals surface area contributed by atoms with Crippen LogP contribution in [0.15, 0.2) is 18.2 Å². The molecular weight excluding hydrogens is 245 g/mol. The van der Waals surface area contributed by atoms with Crippen molar-refractivity contribution in [2.24, 2.45) is 5.92 Å². The smallest absolute Gasteiger partial charge is 0.434 e. The van der Waals surface area contributed by atoms with E-state index >= 15 is 0 Å². The minimum atomic E-state index is -1.10. The van der Waals surface area contributed by atoms with Crippen molar-refractivity contribution in [2.75, 3.05) is 6.61 Å². The summed E-state index contributed by atoms with van der Waals surface area (Å²) in [4.78, 5) is 21.1. The van der Waals surface area contributed by atoms with Crippen LogP contribution >= 0.6 is 0 Å². The Morgan fingerprint density at radius 2 is 2.17 bits per heavy atom. The van der Waals surface area contributed by atoms with Gasteiger partial charge in [0.25, 0.3) is 0 Å². The first-order valence-corrected chi connectivity index (χ1v) is 5.18. The number of hydrogen-bond acceptors (Lipinski definition) is 5. The maximum Gasteiger partial charge on any atom is 0.514 e. The second-order valence-electron chi connectivity index (χ2n) is 3.93. The number of ether oxygens (including phenoxy) is 2. The zero-order valence-electron chi connectivity index (χ0n) is 9.88. The van der Waals surface area contributed by atoms with Crippen molar-refractivity contribution in [1.29, 1.82) is 0 Å². The highest BCUT2D eigenvalue weighted by Crippen LogP contribution is 2.27. The third-order valence-electron chi connectivity index (χ3n) is 1.85. The van der Waals surface area contributed by atoms with Crippen molar-refractivity contribution in [2.45, 2.75) is 13.8 Å². The quantitative estimate of drug-likeness (QED) is 0.358. The van der Waals surface area contributed by atoms with E-state index < -0.39 is 28.3 Å². The molecule has 98 valence electrons. The fourth-order valence-electron chi connectivity index (χ4n) is 1.07. The van der Waals surface area contributed by atoms with Crippen LogP contribution in [0.4, 0.5) is 14.9 Å². The molecule has 0 saturated carbocycles. The number of rotatable bonds is 4. The zero-order chi connectivity index (χ0) is 13.7. The van der Waals surface area contributed by atoms with E-state index in [1.165, 1.54) is 0 Å². The molecule has 0 atom stereocenters. The second-order valence-corrected chi connectivity index (χ2v) is 3.93. The number of nitrogens with zero attached hydrogens (tertiary/aromatic N) is 1. The van der Waals surface area contributed by atoms with Gasteiger partial charge < -0.3 is 9.47 Å². The highest BCUT2D eigenvalue weighted by atomic mass is 19.1. The Balaban J connectivity index is 2.79. The van der Waals surface area contributed by atoms with Gasteiger partial charge in [0, 0.05) is 12.1 Å². The average molecular weight is 257 g/mol. The monoisotopic (exact) mass is 257 g/mol. The summed E-state index contributed by atoms with van der Waals surface area (Å²) in [7, 11) is 0. The van der Waals surface area contributed by atoms with E-state index in [1.807, 2.05) is 13.8 Å². The molecule has 0 aliphatic carbocycles. The Hall–Kier alpha value is -2.18. The molecule has 0 aromatic heterocycles. The van der Waals surface area contributed by atoms with Crippen LogP contribution in [0.3, 0.4) is 0 Å². The van der Waals surface area contributed by atoms with Gasteiger partial charge in [-0.15, -0.1) is 0 Å². The molecule has 0 radical (unpaired) electrons. The van der Waals surface area contributed by atoms with Gasteiger partial charge in [0.15, 0.2) is 0 Å². The number of carbonyl (C=O) groups is 1. The average Bonchev–Trinajstić information content (AvgIpc) is 2.26. The molecule has 0 saturated heterocycles. The predicted octanol–water partition coefficient (Wildman–Crippen LogP) is 2.91. The Morgan fingerprint density at radius 3 is 2.72 bits per heavy atom. The van der Waals surface area contributed by atoms with Crippen LogP contribution in [0.1, 0.15) is 13.8 Å². The third kappa shape index (κ3) is 4.00. The van der Waals surface area contributed by atoms with Crippen molar-refractivity contribution < 1.29 is 23.6 Å². The molecule has 0 heterocycles. The van der Waals surface area contributed by atoms with Gasteiger partial charge in [0.05, 0.1) is 11.5 Å². The van der Waals surface area contributed by atoms with Crippen molar-refractivity contribution in [3.05, 3.63) is 34.1 Å². The Bertz CT molecular complexity index is 461. The normalized spacial score (nSPS) is 10.2. The van der Waals surface area contributed by atoms with Crippen molar-refractivity contribution in [3.8, 4) is 5.75 Å². The van der Waals surface area contributed by atoms with Crippen LogP contribution in [-0.4, -0.2) is 17.7 Å². The van der Waals surface area contributed by atoms with E-state index in [2.05, 4.69) is 9.47 Å². The Labute approximate surface area is 102 Å². The van der Waals surface area contributed by atoms with Crippen LogP contribution in [-0.2, 0) is 4.74 Å². The molecule has 0 fully saturated rings. The first kappa shape index (κ1) is 13.9. The van der Waals surface area contributed by atoms with Crippen LogP contribution < -0.4 is 4.74 Å². The van der Waals surface area contributed by atoms with E-state index in [-0.39, 0.29) is 12.5 Å². The molecule has 1 aromatic rings. The van der Waals surface area contributed by atoms with E-state index in [9.17, 15) is 19.3 Å². The third-order valence-corrected chi connectivity index (χ3v) is 1.85. The second kappa shape index (κ2) is 5.95. The number of nitro groups is 1. The predicted molar refractivity (Wildman–Crippen MR) is 59.9 cm³/mol. The summed E-state index contributed by atoms with van der Waals surface area (Å²) in [5.41, 5.74) is -0.502. The van der Waals surface area contributed by atoms with Gasteiger partial charge in [-0.05, 0) is 12.0 Å². The standard InChI is InChI=1S/C11H12FNO5/c1-7(2)6-17-11(14)18-10-5-8(12)3-4-9(10)13(15)16/h3-5,7H,6H2,1-2H3. The zero-order valence-corrected chi connectivity index (χ0v) is 9.88. The molecule has 18 heavy (non-hydrogen) atoms. The lowest BCUT2D eigenvalue weighted by Crippen LogP contribution is -2.14. The van der Waals surface area contributed by atoms with Crippen LogP contribution in [0.25, 0.3) is 0 Å². The summed E-state index contributed by atoms with van der Waals surface area (Å²) >= 11 is 0. The van der Waals surface area contributed by atoms with E-state index in [0.717, 1.165) is 18.2 Å². The Morgan fingerprint density at radius 1 is 1.50 bits per heavy atom. The summed E-state index contributed by atoms with van der Waals surface area (Å²) in [5.74, 6) is -1.12. The highest BCUT2D eigenvalue weighted by molar-refractivity contribution is 5.66. The molecule has 1 rings (SSSR count). The fourth-order valence-corrected chi connectivity index (χ4v) is 1.07. The number of hydrogen-bond donors (Lipinski definition) is 0. The van der Waals surface area contributed by atoms with Gasteiger partial charge in [-0.2, -0.15) is 0 Å². The molecular formula is C11H12FNO5. The molecule has 0 aliphatic rings. The van der Waals surface area contributed by atoms with Crippen molar-refractivity contribution >= 4 is 11.8 Å². The molecule has 6 nitrogen and oxygen atoms in total. The number of nitro benzene ring substituents is 1. The van der Waals surface area contributed by atoms with Gasteiger partial charge in [-0.1, -0.05) is 13.8 Å². The number of halogens is 1. The molecule has 0 aliphatic heterocycles. The van der Waals surface area contributed by atoms with E-state index in [4.69, 9.17) is 0 Å². The largest absolute Gasteiger partial charge is 0.514 e. The first-order chi connectivity index (χ1) is 8.40. The summed E-state index contributed by atoms with van der Waals surface area (Å²) in [6, 6.07) is 2.58. The molecule has 0 bridgehead atoms. The molecule has 0 spiro atoms. The van der Waals surface area contributed by atoms with Gasteiger partial charge in [0.2, 0.25) is 5.75 Å². The molecule has 0 unspecified atom stereocenters. The lowest BCUT2D eigenvalue weighted by molar-refractivity contribution is -0.385. The van der Waals surface area contributed by atoms with Crippen LogP contribution in [0.2, 0.25) is 0 Å². The SMILES string of the molecule is CC(C)COC(=O)Oc1cc(F)ccc1[N+](=O)[O-]. The maximum atomic E-state index is 12.9. The highest BCUT2D eigenvalue weighted by Gasteiger charge is 2.19. The maximum absolute atomic E-state index is 12.9.